The third kappa shape index (κ3) is 6.23. The first-order valence-corrected chi connectivity index (χ1v) is 8.10. The second-order valence-electron chi connectivity index (χ2n) is 5.56. The van der Waals surface area contributed by atoms with Gasteiger partial charge in [-0.1, -0.05) is 19.1 Å². The molecule has 19 heavy (non-hydrogen) atoms. The minimum Gasteiger partial charge on any atom is -0.379 e. The maximum Gasteiger partial charge on any atom is 0.0623 e. The highest BCUT2D eigenvalue weighted by atomic mass is 127. The minimum atomic E-state index is -0.0463. The topological polar surface area (TPSA) is 21.3 Å². The quantitative estimate of drug-likeness (QED) is 0.674. The molecule has 1 aromatic carbocycles. The molecule has 0 aliphatic rings. The molecule has 108 valence electrons. The van der Waals surface area contributed by atoms with Gasteiger partial charge in [-0.2, -0.15) is 0 Å². The molecule has 0 radical (unpaired) electrons. The van der Waals surface area contributed by atoms with Gasteiger partial charge in [0.1, 0.15) is 0 Å². The summed E-state index contributed by atoms with van der Waals surface area (Å²) >= 11 is 2.35. The van der Waals surface area contributed by atoms with Crippen LogP contribution in [0.1, 0.15) is 51.6 Å². The van der Waals surface area contributed by atoms with E-state index >= 15 is 0 Å². The number of benzene rings is 1. The first kappa shape index (κ1) is 16.9. The minimum absolute atomic E-state index is 0.0463. The zero-order chi connectivity index (χ0) is 14.3. The van der Waals surface area contributed by atoms with Crippen molar-refractivity contribution in [1.82, 2.24) is 5.32 Å². The van der Waals surface area contributed by atoms with Crippen molar-refractivity contribution in [3.8, 4) is 0 Å². The summed E-state index contributed by atoms with van der Waals surface area (Å²) < 4.78 is 6.80. The number of ether oxygens (including phenoxy) is 1. The highest BCUT2D eigenvalue weighted by molar-refractivity contribution is 14.1. The number of halogens is 1. The molecule has 0 aliphatic heterocycles. The first-order chi connectivity index (χ1) is 8.98. The third-order valence-electron chi connectivity index (χ3n) is 3.50. The number of nitrogens with one attached hydrogen (secondary N) is 1. The molecule has 0 saturated heterocycles. The van der Waals surface area contributed by atoms with Crippen molar-refractivity contribution >= 4 is 22.6 Å². The van der Waals surface area contributed by atoms with Crippen LogP contribution in [0.5, 0.6) is 0 Å². The fourth-order valence-corrected chi connectivity index (χ4v) is 2.35. The number of methoxy groups -OCH3 is 1. The van der Waals surface area contributed by atoms with Gasteiger partial charge in [0.15, 0.2) is 0 Å². The summed E-state index contributed by atoms with van der Waals surface area (Å²) in [4.78, 5) is 0. The van der Waals surface area contributed by atoms with E-state index in [9.17, 15) is 0 Å². The molecule has 0 heterocycles. The fraction of sp³-hybridized carbons (Fsp3) is 0.625. The van der Waals surface area contributed by atoms with Crippen LogP contribution < -0.4 is 5.32 Å². The lowest BCUT2D eigenvalue weighted by atomic mass is 9.95. The van der Waals surface area contributed by atoms with E-state index in [1.54, 1.807) is 7.11 Å². The van der Waals surface area contributed by atoms with Crippen molar-refractivity contribution in [1.29, 1.82) is 0 Å². The largest absolute Gasteiger partial charge is 0.379 e. The van der Waals surface area contributed by atoms with Crippen molar-refractivity contribution < 1.29 is 4.74 Å². The van der Waals surface area contributed by atoms with Gasteiger partial charge in [0.2, 0.25) is 0 Å². The number of hydrogen-bond acceptors (Lipinski definition) is 2. The Morgan fingerprint density at radius 2 is 1.89 bits per heavy atom. The average Bonchev–Trinajstić information content (AvgIpc) is 2.40. The predicted molar refractivity (Wildman–Crippen MR) is 90.5 cm³/mol. The van der Waals surface area contributed by atoms with Crippen LogP contribution in [0.25, 0.3) is 0 Å². The van der Waals surface area contributed by atoms with Crippen LogP contribution >= 0.6 is 22.6 Å². The molecule has 0 aliphatic carbocycles. The van der Waals surface area contributed by atoms with Gasteiger partial charge in [0.05, 0.1) is 5.60 Å². The molecule has 3 heteroatoms. The van der Waals surface area contributed by atoms with Crippen molar-refractivity contribution in [2.75, 3.05) is 13.7 Å². The van der Waals surface area contributed by atoms with E-state index in [-0.39, 0.29) is 5.60 Å². The second-order valence-corrected chi connectivity index (χ2v) is 6.81. The van der Waals surface area contributed by atoms with E-state index in [4.69, 9.17) is 4.74 Å². The summed E-state index contributed by atoms with van der Waals surface area (Å²) in [5, 5.41) is 3.64. The molecule has 1 aromatic rings. The molecule has 0 spiro atoms. The fourth-order valence-electron chi connectivity index (χ4n) is 1.99. The lowest BCUT2D eigenvalue weighted by Crippen LogP contribution is -2.27. The number of rotatable bonds is 8. The van der Waals surface area contributed by atoms with Crippen LogP contribution in [0.2, 0.25) is 0 Å². The SMILES string of the molecule is CCCNC(CCC(C)(C)OC)c1ccc(I)cc1. The molecule has 2 nitrogen and oxygen atoms in total. The lowest BCUT2D eigenvalue weighted by molar-refractivity contribution is 0.0117. The lowest BCUT2D eigenvalue weighted by Gasteiger charge is -2.26. The van der Waals surface area contributed by atoms with Crippen LogP contribution in [-0.4, -0.2) is 19.3 Å². The first-order valence-electron chi connectivity index (χ1n) is 7.02. The van der Waals surface area contributed by atoms with E-state index in [0.29, 0.717) is 6.04 Å². The van der Waals surface area contributed by atoms with E-state index in [2.05, 4.69) is 72.9 Å². The van der Waals surface area contributed by atoms with Gasteiger partial charge in [0, 0.05) is 16.7 Å². The van der Waals surface area contributed by atoms with Crippen LogP contribution in [0.15, 0.2) is 24.3 Å². The highest BCUT2D eigenvalue weighted by Crippen LogP contribution is 2.25. The molecule has 0 fully saturated rings. The van der Waals surface area contributed by atoms with Crippen molar-refractivity contribution in [3.63, 3.8) is 0 Å². The van der Waals surface area contributed by atoms with Gasteiger partial charge in [0.25, 0.3) is 0 Å². The van der Waals surface area contributed by atoms with E-state index in [1.165, 1.54) is 9.13 Å². The summed E-state index contributed by atoms with van der Waals surface area (Å²) in [6.07, 6.45) is 3.31. The molecular weight excluding hydrogens is 349 g/mol. The molecule has 0 amide bonds. The standard InChI is InChI=1S/C16H26INO/c1-5-12-18-15(10-11-16(2,3)19-4)13-6-8-14(17)9-7-13/h6-9,15,18H,5,10-12H2,1-4H3. The summed E-state index contributed by atoms with van der Waals surface area (Å²) in [6.45, 7) is 7.57. The van der Waals surface area contributed by atoms with E-state index in [1.807, 2.05) is 0 Å². The molecular formula is C16H26INO. The molecule has 0 aromatic heterocycles. The maximum absolute atomic E-state index is 5.52. The summed E-state index contributed by atoms with van der Waals surface area (Å²) in [5.74, 6) is 0. The highest BCUT2D eigenvalue weighted by Gasteiger charge is 2.19. The molecule has 1 N–H and O–H groups in total. The summed E-state index contributed by atoms with van der Waals surface area (Å²) in [6, 6.07) is 9.24. The van der Waals surface area contributed by atoms with Crippen LogP contribution in [-0.2, 0) is 4.74 Å². The van der Waals surface area contributed by atoms with Gasteiger partial charge in [-0.3, -0.25) is 0 Å². The molecule has 0 saturated carbocycles. The smallest absolute Gasteiger partial charge is 0.0623 e. The van der Waals surface area contributed by atoms with Crippen LogP contribution in [0, 0.1) is 3.57 Å². The Morgan fingerprint density at radius 3 is 2.42 bits per heavy atom. The normalized spacial score (nSPS) is 13.5. The summed E-state index contributed by atoms with van der Waals surface area (Å²) in [5.41, 5.74) is 1.33. The Balaban J connectivity index is 2.68. The van der Waals surface area contributed by atoms with Crippen LogP contribution in [0.4, 0.5) is 0 Å². The van der Waals surface area contributed by atoms with E-state index < -0.39 is 0 Å². The zero-order valence-electron chi connectivity index (χ0n) is 12.5. The van der Waals surface area contributed by atoms with Gasteiger partial charge < -0.3 is 10.1 Å². The van der Waals surface area contributed by atoms with Gasteiger partial charge >= 0.3 is 0 Å². The molecule has 1 atom stereocenters. The second kappa shape index (κ2) is 8.22. The predicted octanol–water partition coefficient (Wildman–Crippen LogP) is 4.54. The third-order valence-corrected chi connectivity index (χ3v) is 4.22. The monoisotopic (exact) mass is 375 g/mol. The maximum atomic E-state index is 5.52. The Bertz CT molecular complexity index is 362. The number of hydrogen-bond donors (Lipinski definition) is 1. The van der Waals surface area contributed by atoms with E-state index in [0.717, 1.165) is 25.8 Å². The zero-order valence-corrected chi connectivity index (χ0v) is 14.7. The Labute approximate surface area is 131 Å². The van der Waals surface area contributed by atoms with Gasteiger partial charge in [-0.05, 0) is 79.9 Å². The van der Waals surface area contributed by atoms with Crippen molar-refractivity contribution in [2.24, 2.45) is 0 Å². The Morgan fingerprint density at radius 1 is 1.26 bits per heavy atom. The van der Waals surface area contributed by atoms with Crippen LogP contribution in [0.3, 0.4) is 0 Å². The molecule has 1 unspecified atom stereocenters. The van der Waals surface area contributed by atoms with Gasteiger partial charge in [-0.15, -0.1) is 0 Å². The van der Waals surface area contributed by atoms with Crippen molar-refractivity contribution in [2.45, 2.75) is 51.7 Å². The molecule has 0 bridgehead atoms. The van der Waals surface area contributed by atoms with Gasteiger partial charge in [-0.25, -0.2) is 0 Å². The molecule has 1 rings (SSSR count). The Kier molecular flexibility index (Phi) is 7.32. The van der Waals surface area contributed by atoms with Crippen molar-refractivity contribution in [3.05, 3.63) is 33.4 Å². The Hall–Kier alpha value is -0.130. The average molecular weight is 375 g/mol. The summed E-state index contributed by atoms with van der Waals surface area (Å²) in [7, 11) is 1.79.